The Kier molecular flexibility index (Phi) is 4.08. The van der Waals surface area contributed by atoms with Crippen LogP contribution in [-0.4, -0.2) is 18.0 Å². The SMILES string of the molecule is Nc1ccc(Cl)cc1CN1CCCCCC1. The average molecular weight is 239 g/mol. The Hall–Kier alpha value is -0.730. The molecular formula is C13H19ClN2. The normalized spacial score (nSPS) is 18.3. The summed E-state index contributed by atoms with van der Waals surface area (Å²) in [5.41, 5.74) is 7.98. The summed E-state index contributed by atoms with van der Waals surface area (Å²) in [6, 6.07) is 5.74. The van der Waals surface area contributed by atoms with Crippen molar-refractivity contribution in [2.45, 2.75) is 32.2 Å². The van der Waals surface area contributed by atoms with E-state index in [0.29, 0.717) is 0 Å². The van der Waals surface area contributed by atoms with E-state index in [1.54, 1.807) is 0 Å². The summed E-state index contributed by atoms with van der Waals surface area (Å²) >= 11 is 5.99. The van der Waals surface area contributed by atoms with Gasteiger partial charge in [0.25, 0.3) is 0 Å². The summed E-state index contributed by atoms with van der Waals surface area (Å²) in [5.74, 6) is 0. The van der Waals surface area contributed by atoms with Gasteiger partial charge in [0.05, 0.1) is 0 Å². The standard InChI is InChI=1S/C13H19ClN2/c14-12-5-6-13(15)11(9-12)10-16-7-3-1-2-4-8-16/h5-6,9H,1-4,7-8,10,15H2. The topological polar surface area (TPSA) is 29.3 Å². The van der Waals surface area contributed by atoms with Crippen LogP contribution < -0.4 is 5.73 Å². The molecule has 0 bridgehead atoms. The molecule has 0 aliphatic carbocycles. The van der Waals surface area contributed by atoms with Gasteiger partial charge in [0.2, 0.25) is 0 Å². The summed E-state index contributed by atoms with van der Waals surface area (Å²) < 4.78 is 0. The van der Waals surface area contributed by atoms with Crippen LogP contribution in [0.25, 0.3) is 0 Å². The highest BCUT2D eigenvalue weighted by atomic mass is 35.5. The molecule has 1 aliphatic heterocycles. The Labute approximate surface area is 102 Å². The maximum Gasteiger partial charge on any atom is 0.0410 e. The molecule has 0 unspecified atom stereocenters. The third-order valence-electron chi connectivity index (χ3n) is 3.20. The molecule has 1 aromatic carbocycles. The van der Waals surface area contributed by atoms with Crippen LogP contribution >= 0.6 is 11.6 Å². The summed E-state index contributed by atoms with van der Waals surface area (Å²) in [5, 5.41) is 0.777. The fourth-order valence-electron chi connectivity index (χ4n) is 2.25. The average Bonchev–Trinajstić information content (AvgIpc) is 2.52. The van der Waals surface area contributed by atoms with Crippen molar-refractivity contribution >= 4 is 17.3 Å². The second-order valence-corrected chi connectivity index (χ2v) is 4.97. The Bertz CT molecular complexity index is 344. The fourth-order valence-corrected chi connectivity index (χ4v) is 2.44. The van der Waals surface area contributed by atoms with Crippen LogP contribution in [0.2, 0.25) is 5.02 Å². The number of nitrogens with two attached hydrogens (primary N) is 1. The van der Waals surface area contributed by atoms with Gasteiger partial charge in [-0.15, -0.1) is 0 Å². The second kappa shape index (κ2) is 5.55. The van der Waals surface area contributed by atoms with Crippen molar-refractivity contribution < 1.29 is 0 Å². The van der Waals surface area contributed by atoms with E-state index in [9.17, 15) is 0 Å². The Balaban J connectivity index is 2.04. The van der Waals surface area contributed by atoms with Crippen molar-refractivity contribution in [3.63, 3.8) is 0 Å². The number of hydrogen-bond donors (Lipinski definition) is 1. The van der Waals surface area contributed by atoms with Crippen LogP contribution in [0.3, 0.4) is 0 Å². The molecule has 0 amide bonds. The maximum atomic E-state index is 5.99. The van der Waals surface area contributed by atoms with E-state index in [2.05, 4.69) is 4.90 Å². The van der Waals surface area contributed by atoms with Crippen molar-refractivity contribution in [3.05, 3.63) is 28.8 Å². The predicted molar refractivity (Wildman–Crippen MR) is 69.6 cm³/mol. The number of hydrogen-bond acceptors (Lipinski definition) is 2. The molecular weight excluding hydrogens is 220 g/mol. The molecule has 0 spiro atoms. The molecule has 0 saturated carbocycles. The minimum Gasteiger partial charge on any atom is -0.398 e. The molecule has 1 heterocycles. The summed E-state index contributed by atoms with van der Waals surface area (Å²) in [6.45, 7) is 3.31. The van der Waals surface area contributed by atoms with Gasteiger partial charge in [-0.3, -0.25) is 4.90 Å². The third kappa shape index (κ3) is 3.13. The second-order valence-electron chi connectivity index (χ2n) is 4.53. The van der Waals surface area contributed by atoms with Crippen LogP contribution in [-0.2, 0) is 6.54 Å². The van der Waals surface area contributed by atoms with Crippen molar-refractivity contribution in [1.29, 1.82) is 0 Å². The molecule has 1 saturated heterocycles. The monoisotopic (exact) mass is 238 g/mol. The molecule has 0 aromatic heterocycles. The van der Waals surface area contributed by atoms with Crippen molar-refractivity contribution in [1.82, 2.24) is 4.90 Å². The van der Waals surface area contributed by atoms with Crippen molar-refractivity contribution in [2.75, 3.05) is 18.8 Å². The van der Waals surface area contributed by atoms with Gasteiger partial charge in [0.15, 0.2) is 0 Å². The highest BCUT2D eigenvalue weighted by Crippen LogP contribution is 2.21. The quantitative estimate of drug-likeness (QED) is 0.802. The molecule has 0 radical (unpaired) electrons. The number of halogens is 1. The Morgan fingerprint density at radius 1 is 1.12 bits per heavy atom. The number of likely N-dealkylation sites (tertiary alicyclic amines) is 1. The van der Waals surface area contributed by atoms with Gasteiger partial charge in [0, 0.05) is 17.3 Å². The molecule has 16 heavy (non-hydrogen) atoms. The lowest BCUT2D eigenvalue weighted by Crippen LogP contribution is -2.24. The van der Waals surface area contributed by atoms with Crippen LogP contribution in [0.4, 0.5) is 5.69 Å². The Morgan fingerprint density at radius 2 is 1.81 bits per heavy atom. The number of benzene rings is 1. The van der Waals surface area contributed by atoms with E-state index in [1.807, 2.05) is 18.2 Å². The zero-order valence-corrected chi connectivity index (χ0v) is 10.3. The highest BCUT2D eigenvalue weighted by molar-refractivity contribution is 6.30. The van der Waals surface area contributed by atoms with Crippen LogP contribution in [0, 0.1) is 0 Å². The smallest absolute Gasteiger partial charge is 0.0410 e. The molecule has 88 valence electrons. The van der Waals surface area contributed by atoms with Gasteiger partial charge in [-0.05, 0) is 49.7 Å². The predicted octanol–water partition coefficient (Wildman–Crippen LogP) is 3.30. The van der Waals surface area contributed by atoms with Crippen LogP contribution in [0.15, 0.2) is 18.2 Å². The molecule has 1 aliphatic rings. The molecule has 1 fully saturated rings. The van der Waals surface area contributed by atoms with E-state index in [-0.39, 0.29) is 0 Å². The first-order valence-corrected chi connectivity index (χ1v) is 6.40. The first kappa shape index (κ1) is 11.7. The zero-order chi connectivity index (χ0) is 11.4. The molecule has 2 N–H and O–H groups in total. The van der Waals surface area contributed by atoms with E-state index in [1.165, 1.54) is 38.8 Å². The zero-order valence-electron chi connectivity index (χ0n) is 9.58. The van der Waals surface area contributed by atoms with Crippen LogP contribution in [0.5, 0.6) is 0 Å². The van der Waals surface area contributed by atoms with Gasteiger partial charge in [-0.1, -0.05) is 24.4 Å². The van der Waals surface area contributed by atoms with Gasteiger partial charge in [0.1, 0.15) is 0 Å². The lowest BCUT2D eigenvalue weighted by Gasteiger charge is -2.20. The number of nitrogen functional groups attached to an aromatic ring is 1. The molecule has 2 nitrogen and oxygen atoms in total. The lowest BCUT2D eigenvalue weighted by atomic mass is 10.1. The largest absolute Gasteiger partial charge is 0.398 e. The molecule has 3 heteroatoms. The van der Waals surface area contributed by atoms with Crippen LogP contribution in [0.1, 0.15) is 31.2 Å². The number of rotatable bonds is 2. The van der Waals surface area contributed by atoms with Crippen molar-refractivity contribution in [3.8, 4) is 0 Å². The lowest BCUT2D eigenvalue weighted by molar-refractivity contribution is 0.277. The van der Waals surface area contributed by atoms with E-state index < -0.39 is 0 Å². The molecule has 1 aromatic rings. The maximum absolute atomic E-state index is 5.99. The first-order chi connectivity index (χ1) is 7.75. The van der Waals surface area contributed by atoms with Crippen molar-refractivity contribution in [2.24, 2.45) is 0 Å². The molecule has 0 atom stereocenters. The minimum absolute atomic E-state index is 0.777. The Morgan fingerprint density at radius 3 is 2.50 bits per heavy atom. The van der Waals surface area contributed by atoms with E-state index in [0.717, 1.165) is 22.8 Å². The van der Waals surface area contributed by atoms with Gasteiger partial charge in [-0.25, -0.2) is 0 Å². The molecule has 2 rings (SSSR count). The summed E-state index contributed by atoms with van der Waals surface area (Å²) in [4.78, 5) is 2.48. The fraction of sp³-hybridized carbons (Fsp3) is 0.538. The minimum atomic E-state index is 0.777. The van der Waals surface area contributed by atoms with E-state index in [4.69, 9.17) is 17.3 Å². The van der Waals surface area contributed by atoms with E-state index >= 15 is 0 Å². The summed E-state index contributed by atoms with van der Waals surface area (Å²) in [7, 11) is 0. The highest BCUT2D eigenvalue weighted by Gasteiger charge is 2.11. The van der Waals surface area contributed by atoms with Gasteiger partial charge < -0.3 is 5.73 Å². The number of nitrogens with zero attached hydrogens (tertiary/aromatic N) is 1. The number of anilines is 1. The van der Waals surface area contributed by atoms with Gasteiger partial charge in [-0.2, -0.15) is 0 Å². The third-order valence-corrected chi connectivity index (χ3v) is 3.43. The van der Waals surface area contributed by atoms with Gasteiger partial charge >= 0.3 is 0 Å². The summed E-state index contributed by atoms with van der Waals surface area (Å²) in [6.07, 6.45) is 5.34. The first-order valence-electron chi connectivity index (χ1n) is 6.02.